The second-order valence-electron chi connectivity index (χ2n) is 8.81. The van der Waals surface area contributed by atoms with Gasteiger partial charge in [-0.3, -0.25) is 4.98 Å². The Morgan fingerprint density at radius 3 is 2.06 bits per heavy atom. The summed E-state index contributed by atoms with van der Waals surface area (Å²) in [6.45, 7) is 5.08. The number of anilines is 1. The molecule has 0 aliphatic rings. The standard InChI is InChI=1S/C27H28N4O/c1-27(2,17-20-6-10-22(11-7-20)25-14-15-26(28)31-30-25)18-21-8-12-24(13-9-21)32-19-23-5-3-4-16-29-23/h3-16H,17-19H2,1-2H3,(H2,28,31). The highest BCUT2D eigenvalue weighted by Gasteiger charge is 2.19. The van der Waals surface area contributed by atoms with Gasteiger partial charge in [0.1, 0.15) is 18.2 Å². The lowest BCUT2D eigenvalue weighted by Crippen LogP contribution is -2.18. The molecule has 4 rings (SSSR count). The Hall–Kier alpha value is -3.73. The van der Waals surface area contributed by atoms with Gasteiger partial charge in [-0.15, -0.1) is 10.2 Å². The van der Waals surface area contributed by atoms with Crippen LogP contribution >= 0.6 is 0 Å². The molecule has 0 aliphatic heterocycles. The summed E-state index contributed by atoms with van der Waals surface area (Å²) in [5, 5.41) is 8.09. The third-order valence-corrected chi connectivity index (χ3v) is 5.34. The first kappa shape index (κ1) is 21.5. The SMILES string of the molecule is CC(C)(Cc1ccc(OCc2ccccn2)cc1)Cc1ccc(-c2ccc(N)nn2)cc1. The molecule has 0 saturated carbocycles. The number of pyridine rings is 1. The molecule has 0 aliphatic carbocycles. The van der Waals surface area contributed by atoms with Crippen molar-refractivity contribution in [1.29, 1.82) is 0 Å². The van der Waals surface area contributed by atoms with E-state index in [1.165, 1.54) is 11.1 Å². The van der Waals surface area contributed by atoms with Crippen LogP contribution in [-0.4, -0.2) is 15.2 Å². The van der Waals surface area contributed by atoms with Gasteiger partial charge in [-0.25, -0.2) is 0 Å². The van der Waals surface area contributed by atoms with Gasteiger partial charge >= 0.3 is 0 Å². The van der Waals surface area contributed by atoms with E-state index in [9.17, 15) is 0 Å². The van der Waals surface area contributed by atoms with E-state index in [0.717, 1.165) is 35.5 Å². The summed E-state index contributed by atoms with van der Waals surface area (Å²) >= 11 is 0. The molecular weight excluding hydrogens is 396 g/mol. The van der Waals surface area contributed by atoms with Crippen molar-refractivity contribution in [3.8, 4) is 17.0 Å². The van der Waals surface area contributed by atoms with Gasteiger partial charge < -0.3 is 10.5 Å². The third kappa shape index (κ3) is 5.91. The van der Waals surface area contributed by atoms with E-state index >= 15 is 0 Å². The number of nitrogen functional groups attached to an aromatic ring is 1. The third-order valence-electron chi connectivity index (χ3n) is 5.34. The van der Waals surface area contributed by atoms with Crippen molar-refractivity contribution >= 4 is 5.82 Å². The summed E-state index contributed by atoms with van der Waals surface area (Å²) in [7, 11) is 0. The Morgan fingerprint density at radius 1 is 0.781 bits per heavy atom. The smallest absolute Gasteiger partial charge is 0.146 e. The Morgan fingerprint density at radius 2 is 1.47 bits per heavy atom. The van der Waals surface area contributed by atoms with E-state index in [1.807, 2.05) is 36.4 Å². The van der Waals surface area contributed by atoms with Crippen LogP contribution in [-0.2, 0) is 19.4 Å². The molecule has 0 bridgehead atoms. The summed E-state index contributed by atoms with van der Waals surface area (Å²) in [4.78, 5) is 4.29. The highest BCUT2D eigenvalue weighted by molar-refractivity contribution is 5.59. The molecule has 0 atom stereocenters. The molecular formula is C27H28N4O. The largest absolute Gasteiger partial charge is 0.487 e. The highest BCUT2D eigenvalue weighted by Crippen LogP contribution is 2.29. The molecule has 32 heavy (non-hydrogen) atoms. The van der Waals surface area contributed by atoms with Gasteiger partial charge in [0.15, 0.2) is 0 Å². The van der Waals surface area contributed by atoms with Crippen molar-refractivity contribution in [2.45, 2.75) is 33.3 Å². The Bertz CT molecular complexity index is 1120. The van der Waals surface area contributed by atoms with Crippen LogP contribution in [0.4, 0.5) is 5.82 Å². The van der Waals surface area contributed by atoms with Crippen molar-refractivity contribution in [3.05, 3.63) is 102 Å². The van der Waals surface area contributed by atoms with Crippen molar-refractivity contribution in [1.82, 2.24) is 15.2 Å². The first-order valence-corrected chi connectivity index (χ1v) is 10.8. The van der Waals surface area contributed by atoms with Crippen LogP contribution in [0.1, 0.15) is 30.7 Å². The fraction of sp³-hybridized carbons (Fsp3) is 0.222. The van der Waals surface area contributed by atoms with Gasteiger partial charge in [0, 0.05) is 11.8 Å². The molecule has 5 nitrogen and oxygen atoms in total. The number of benzene rings is 2. The van der Waals surface area contributed by atoms with Gasteiger partial charge in [-0.05, 0) is 65.8 Å². The monoisotopic (exact) mass is 424 g/mol. The van der Waals surface area contributed by atoms with E-state index in [0.29, 0.717) is 12.4 Å². The minimum Gasteiger partial charge on any atom is -0.487 e. The van der Waals surface area contributed by atoms with Crippen LogP contribution in [0.15, 0.2) is 85.1 Å². The molecule has 0 radical (unpaired) electrons. The quantitative estimate of drug-likeness (QED) is 0.404. The lowest BCUT2D eigenvalue weighted by Gasteiger charge is -2.25. The highest BCUT2D eigenvalue weighted by atomic mass is 16.5. The van der Waals surface area contributed by atoms with Crippen LogP contribution in [0.5, 0.6) is 5.75 Å². The fourth-order valence-corrected chi connectivity index (χ4v) is 3.80. The van der Waals surface area contributed by atoms with E-state index in [1.54, 1.807) is 12.3 Å². The number of aromatic nitrogens is 3. The summed E-state index contributed by atoms with van der Waals surface area (Å²) in [5.74, 6) is 1.29. The second kappa shape index (κ2) is 9.60. The van der Waals surface area contributed by atoms with Crippen molar-refractivity contribution in [2.75, 3.05) is 5.73 Å². The van der Waals surface area contributed by atoms with Crippen molar-refractivity contribution in [2.24, 2.45) is 5.41 Å². The lowest BCUT2D eigenvalue weighted by atomic mass is 9.80. The lowest BCUT2D eigenvalue weighted by molar-refractivity contribution is 0.301. The second-order valence-corrected chi connectivity index (χ2v) is 8.81. The zero-order valence-electron chi connectivity index (χ0n) is 18.5. The Kier molecular flexibility index (Phi) is 6.45. The van der Waals surface area contributed by atoms with Crippen LogP contribution in [0.3, 0.4) is 0 Å². The molecule has 2 N–H and O–H groups in total. The zero-order valence-corrected chi connectivity index (χ0v) is 18.5. The maximum Gasteiger partial charge on any atom is 0.146 e. The van der Waals surface area contributed by atoms with Crippen LogP contribution < -0.4 is 10.5 Å². The average Bonchev–Trinajstić information content (AvgIpc) is 2.80. The number of nitrogens with zero attached hydrogens (tertiary/aromatic N) is 3. The number of rotatable bonds is 8. The number of hydrogen-bond acceptors (Lipinski definition) is 5. The summed E-state index contributed by atoms with van der Waals surface area (Å²) in [6, 6.07) is 26.4. The van der Waals surface area contributed by atoms with Gasteiger partial charge in [-0.1, -0.05) is 56.3 Å². The normalized spacial score (nSPS) is 11.3. The number of nitrogens with two attached hydrogens (primary N) is 1. The molecule has 0 unspecified atom stereocenters. The van der Waals surface area contributed by atoms with Gasteiger partial charge in [0.25, 0.3) is 0 Å². The first-order chi connectivity index (χ1) is 15.5. The van der Waals surface area contributed by atoms with Gasteiger partial charge in [0.2, 0.25) is 0 Å². The maximum atomic E-state index is 5.85. The van der Waals surface area contributed by atoms with Crippen LogP contribution in [0.2, 0.25) is 0 Å². The van der Waals surface area contributed by atoms with E-state index in [-0.39, 0.29) is 5.41 Å². The molecule has 0 spiro atoms. The Balaban J connectivity index is 1.34. The summed E-state index contributed by atoms with van der Waals surface area (Å²) in [6.07, 6.45) is 3.75. The van der Waals surface area contributed by atoms with Gasteiger partial charge in [0.05, 0.1) is 11.4 Å². The molecule has 2 aromatic carbocycles. The molecule has 162 valence electrons. The fourth-order valence-electron chi connectivity index (χ4n) is 3.80. The predicted molar refractivity (Wildman–Crippen MR) is 128 cm³/mol. The van der Waals surface area contributed by atoms with E-state index < -0.39 is 0 Å². The maximum absolute atomic E-state index is 5.85. The number of hydrogen-bond donors (Lipinski definition) is 1. The van der Waals surface area contributed by atoms with E-state index in [2.05, 4.69) is 65.4 Å². The molecule has 0 saturated heterocycles. The summed E-state index contributed by atoms with van der Waals surface area (Å²) < 4.78 is 5.85. The number of ether oxygens (including phenoxy) is 1. The molecule has 0 amide bonds. The molecule has 0 fully saturated rings. The van der Waals surface area contributed by atoms with Gasteiger partial charge in [-0.2, -0.15) is 0 Å². The topological polar surface area (TPSA) is 73.9 Å². The van der Waals surface area contributed by atoms with Crippen molar-refractivity contribution in [3.63, 3.8) is 0 Å². The van der Waals surface area contributed by atoms with Crippen LogP contribution in [0, 0.1) is 5.41 Å². The molecule has 2 heterocycles. The average molecular weight is 425 g/mol. The zero-order chi connectivity index (χ0) is 22.4. The molecule has 4 aromatic rings. The molecule has 5 heteroatoms. The van der Waals surface area contributed by atoms with Crippen molar-refractivity contribution < 1.29 is 4.74 Å². The minimum atomic E-state index is 0.124. The van der Waals surface area contributed by atoms with E-state index in [4.69, 9.17) is 10.5 Å². The minimum absolute atomic E-state index is 0.124. The van der Waals surface area contributed by atoms with Crippen LogP contribution in [0.25, 0.3) is 11.3 Å². The summed E-state index contributed by atoms with van der Waals surface area (Å²) in [5.41, 5.74) is 11.1. The Labute approximate surface area is 189 Å². The molecule has 2 aromatic heterocycles. The first-order valence-electron chi connectivity index (χ1n) is 10.8. The predicted octanol–water partition coefficient (Wildman–Crippen LogP) is 5.51.